The summed E-state index contributed by atoms with van der Waals surface area (Å²) in [6.45, 7) is 3.94. The standard InChI is InChI=1S/C14H14N6O2/c1-9-10(2)22-13(17-9)7-15-14(21)11-4-3-5-12(6-11)20-8-16-18-19-20/h3-6,8H,7H2,1-2H3,(H,15,21). The molecule has 1 N–H and O–H groups in total. The largest absolute Gasteiger partial charge is 0.444 e. The minimum Gasteiger partial charge on any atom is -0.444 e. The molecule has 2 heterocycles. The van der Waals surface area contributed by atoms with Crippen molar-refractivity contribution in [3.63, 3.8) is 0 Å². The van der Waals surface area contributed by atoms with Crippen molar-refractivity contribution in [1.82, 2.24) is 30.5 Å². The third-order valence-electron chi connectivity index (χ3n) is 3.19. The SMILES string of the molecule is Cc1nc(CNC(=O)c2cccc(-n3cnnn3)c2)oc1C. The zero-order valence-electron chi connectivity index (χ0n) is 12.1. The van der Waals surface area contributed by atoms with Gasteiger partial charge in [-0.05, 0) is 42.5 Å². The van der Waals surface area contributed by atoms with Gasteiger partial charge in [-0.3, -0.25) is 4.79 Å². The van der Waals surface area contributed by atoms with Crippen molar-refractivity contribution in [2.24, 2.45) is 0 Å². The van der Waals surface area contributed by atoms with Gasteiger partial charge in [-0.1, -0.05) is 6.07 Å². The van der Waals surface area contributed by atoms with Crippen LogP contribution in [0.2, 0.25) is 0 Å². The van der Waals surface area contributed by atoms with Gasteiger partial charge in [0.1, 0.15) is 12.1 Å². The molecule has 1 amide bonds. The lowest BCUT2D eigenvalue weighted by Crippen LogP contribution is -2.23. The second kappa shape index (κ2) is 5.76. The quantitative estimate of drug-likeness (QED) is 0.777. The second-order valence-corrected chi connectivity index (χ2v) is 4.74. The van der Waals surface area contributed by atoms with Crippen LogP contribution in [0.15, 0.2) is 35.0 Å². The van der Waals surface area contributed by atoms with E-state index in [0.29, 0.717) is 17.1 Å². The van der Waals surface area contributed by atoms with Crippen molar-refractivity contribution in [3.05, 3.63) is 53.5 Å². The summed E-state index contributed by atoms with van der Waals surface area (Å²) in [5.41, 5.74) is 2.04. The molecule has 0 spiro atoms. The zero-order chi connectivity index (χ0) is 15.5. The van der Waals surface area contributed by atoms with Gasteiger partial charge >= 0.3 is 0 Å². The summed E-state index contributed by atoms with van der Waals surface area (Å²) in [7, 11) is 0. The van der Waals surface area contributed by atoms with Gasteiger partial charge in [0.2, 0.25) is 5.89 Å². The summed E-state index contributed by atoms with van der Waals surface area (Å²) in [5, 5.41) is 13.7. The van der Waals surface area contributed by atoms with Gasteiger partial charge in [-0.15, -0.1) is 5.10 Å². The fraction of sp³-hybridized carbons (Fsp3) is 0.214. The average Bonchev–Trinajstić information content (AvgIpc) is 3.16. The van der Waals surface area contributed by atoms with Crippen LogP contribution >= 0.6 is 0 Å². The van der Waals surface area contributed by atoms with E-state index in [1.165, 1.54) is 11.0 Å². The highest BCUT2D eigenvalue weighted by molar-refractivity contribution is 5.94. The minimum absolute atomic E-state index is 0.219. The number of hydrogen-bond acceptors (Lipinski definition) is 6. The van der Waals surface area contributed by atoms with Crippen LogP contribution in [0.5, 0.6) is 0 Å². The Morgan fingerprint density at radius 1 is 1.36 bits per heavy atom. The van der Waals surface area contributed by atoms with E-state index in [-0.39, 0.29) is 12.5 Å². The first-order valence-corrected chi connectivity index (χ1v) is 6.68. The number of amides is 1. The highest BCUT2D eigenvalue weighted by Crippen LogP contribution is 2.10. The van der Waals surface area contributed by atoms with Gasteiger partial charge in [0, 0.05) is 5.56 Å². The maximum atomic E-state index is 12.2. The number of hydrogen-bond donors (Lipinski definition) is 1. The molecule has 112 valence electrons. The van der Waals surface area contributed by atoms with Crippen LogP contribution in [0.1, 0.15) is 27.7 Å². The molecule has 3 rings (SSSR count). The van der Waals surface area contributed by atoms with Crippen molar-refractivity contribution >= 4 is 5.91 Å². The monoisotopic (exact) mass is 298 g/mol. The van der Waals surface area contributed by atoms with E-state index in [4.69, 9.17) is 4.42 Å². The number of aromatic nitrogens is 5. The molecule has 8 heteroatoms. The Kier molecular flexibility index (Phi) is 3.65. The topological polar surface area (TPSA) is 98.7 Å². The molecule has 0 aliphatic carbocycles. The Hall–Kier alpha value is -3.03. The maximum Gasteiger partial charge on any atom is 0.251 e. The second-order valence-electron chi connectivity index (χ2n) is 4.74. The first-order valence-electron chi connectivity index (χ1n) is 6.68. The van der Waals surface area contributed by atoms with Gasteiger partial charge in [0.15, 0.2) is 0 Å². The number of rotatable bonds is 4. The molecular weight excluding hydrogens is 284 g/mol. The predicted octanol–water partition coefficient (Wildman–Crippen LogP) is 1.20. The molecule has 0 bridgehead atoms. The molecule has 0 radical (unpaired) electrons. The van der Waals surface area contributed by atoms with E-state index in [9.17, 15) is 4.79 Å². The molecule has 2 aromatic heterocycles. The lowest BCUT2D eigenvalue weighted by Gasteiger charge is -2.05. The third kappa shape index (κ3) is 2.85. The fourth-order valence-corrected chi connectivity index (χ4v) is 1.94. The summed E-state index contributed by atoms with van der Waals surface area (Å²) >= 11 is 0. The number of carbonyl (C=O) groups is 1. The number of tetrazole rings is 1. The van der Waals surface area contributed by atoms with E-state index >= 15 is 0 Å². The summed E-state index contributed by atoms with van der Waals surface area (Å²) in [6.07, 6.45) is 1.47. The number of aryl methyl sites for hydroxylation is 2. The lowest BCUT2D eigenvalue weighted by molar-refractivity contribution is 0.0947. The molecule has 0 atom stereocenters. The Balaban J connectivity index is 1.71. The molecule has 0 aliphatic heterocycles. The van der Waals surface area contributed by atoms with E-state index in [1.54, 1.807) is 18.2 Å². The van der Waals surface area contributed by atoms with Crippen LogP contribution < -0.4 is 5.32 Å². The van der Waals surface area contributed by atoms with Gasteiger partial charge in [-0.25, -0.2) is 9.67 Å². The molecule has 0 saturated heterocycles. The molecule has 0 saturated carbocycles. The molecular formula is C14H14N6O2. The van der Waals surface area contributed by atoms with Crippen LogP contribution in [0.3, 0.4) is 0 Å². The highest BCUT2D eigenvalue weighted by atomic mass is 16.4. The first-order chi connectivity index (χ1) is 10.6. The Morgan fingerprint density at radius 3 is 2.91 bits per heavy atom. The summed E-state index contributed by atoms with van der Waals surface area (Å²) < 4.78 is 6.91. The Bertz CT molecular complexity index is 774. The van der Waals surface area contributed by atoms with Crippen molar-refractivity contribution in [2.45, 2.75) is 20.4 Å². The molecule has 0 unspecified atom stereocenters. The number of oxazole rings is 1. The smallest absolute Gasteiger partial charge is 0.251 e. The molecule has 0 aliphatic rings. The average molecular weight is 298 g/mol. The molecule has 0 fully saturated rings. The van der Waals surface area contributed by atoms with Gasteiger partial charge in [-0.2, -0.15) is 0 Å². The molecule has 3 aromatic rings. The van der Waals surface area contributed by atoms with Crippen molar-refractivity contribution < 1.29 is 9.21 Å². The van der Waals surface area contributed by atoms with E-state index in [0.717, 1.165) is 11.5 Å². The van der Waals surface area contributed by atoms with E-state index in [1.807, 2.05) is 19.9 Å². The van der Waals surface area contributed by atoms with Crippen molar-refractivity contribution in [2.75, 3.05) is 0 Å². The molecule has 22 heavy (non-hydrogen) atoms. The number of benzene rings is 1. The van der Waals surface area contributed by atoms with Gasteiger partial charge in [0.05, 0.1) is 17.9 Å². The maximum absolute atomic E-state index is 12.2. The zero-order valence-corrected chi connectivity index (χ0v) is 12.1. The lowest BCUT2D eigenvalue weighted by atomic mass is 10.2. The summed E-state index contributed by atoms with van der Waals surface area (Å²) in [4.78, 5) is 16.4. The predicted molar refractivity (Wildman–Crippen MR) is 76.3 cm³/mol. The van der Waals surface area contributed by atoms with Gasteiger partial charge < -0.3 is 9.73 Å². The highest BCUT2D eigenvalue weighted by Gasteiger charge is 2.10. The van der Waals surface area contributed by atoms with Crippen molar-refractivity contribution in [1.29, 1.82) is 0 Å². The van der Waals surface area contributed by atoms with Crippen LogP contribution in [-0.4, -0.2) is 31.1 Å². The Morgan fingerprint density at radius 2 is 2.23 bits per heavy atom. The van der Waals surface area contributed by atoms with Crippen LogP contribution in [0.25, 0.3) is 5.69 Å². The fourth-order valence-electron chi connectivity index (χ4n) is 1.94. The number of nitrogens with one attached hydrogen (secondary N) is 1. The molecule has 8 nitrogen and oxygen atoms in total. The summed E-state index contributed by atoms with van der Waals surface area (Å²) in [6, 6.07) is 7.01. The van der Waals surface area contributed by atoms with Crippen LogP contribution in [0, 0.1) is 13.8 Å². The summed E-state index contributed by atoms with van der Waals surface area (Å²) in [5.74, 6) is 1.02. The molecule has 1 aromatic carbocycles. The van der Waals surface area contributed by atoms with Crippen LogP contribution in [-0.2, 0) is 6.54 Å². The van der Waals surface area contributed by atoms with Crippen molar-refractivity contribution in [3.8, 4) is 5.69 Å². The third-order valence-corrected chi connectivity index (χ3v) is 3.19. The van der Waals surface area contributed by atoms with E-state index in [2.05, 4.69) is 25.8 Å². The number of nitrogens with zero attached hydrogens (tertiary/aromatic N) is 5. The normalized spacial score (nSPS) is 10.6. The van der Waals surface area contributed by atoms with Crippen LogP contribution in [0.4, 0.5) is 0 Å². The first kappa shape index (κ1) is 13.9. The minimum atomic E-state index is -0.219. The Labute approximate surface area is 126 Å². The van der Waals surface area contributed by atoms with Gasteiger partial charge in [0.25, 0.3) is 5.91 Å². The van der Waals surface area contributed by atoms with E-state index < -0.39 is 0 Å². The number of carbonyl (C=O) groups excluding carboxylic acids is 1.